The molecule has 1 aromatic heterocycles. The average Bonchev–Trinajstić information content (AvgIpc) is 2.75. The fourth-order valence-electron chi connectivity index (χ4n) is 2.65. The number of nitrogens with one attached hydrogen (secondary N) is 1. The normalized spacial score (nSPS) is 10.4. The number of hydrogen-bond donors (Lipinski definition) is 1. The van der Waals surface area contributed by atoms with Gasteiger partial charge < -0.3 is 14.8 Å². The maximum Gasteiger partial charge on any atom is 0.220 e. The van der Waals surface area contributed by atoms with Gasteiger partial charge in [0.2, 0.25) is 5.91 Å². The minimum absolute atomic E-state index is 0.00245. The predicted molar refractivity (Wildman–Crippen MR) is 116 cm³/mol. The molecular formula is C23H23BrN2O3. The van der Waals surface area contributed by atoms with E-state index in [9.17, 15) is 4.79 Å². The summed E-state index contributed by atoms with van der Waals surface area (Å²) in [4.78, 5) is 16.3. The molecule has 3 aromatic rings. The van der Waals surface area contributed by atoms with E-state index in [4.69, 9.17) is 9.47 Å². The zero-order valence-electron chi connectivity index (χ0n) is 16.0. The molecule has 0 saturated heterocycles. The number of benzene rings is 2. The Morgan fingerprint density at radius 3 is 2.59 bits per heavy atom. The van der Waals surface area contributed by atoms with E-state index < -0.39 is 0 Å². The Hall–Kier alpha value is -2.86. The molecule has 0 aliphatic rings. The van der Waals surface area contributed by atoms with E-state index in [0.717, 1.165) is 27.2 Å². The topological polar surface area (TPSA) is 60.5 Å². The lowest BCUT2D eigenvalue weighted by atomic mass is 10.2. The summed E-state index contributed by atoms with van der Waals surface area (Å²) in [5.74, 6) is 1.55. The van der Waals surface area contributed by atoms with Crippen molar-refractivity contribution >= 4 is 21.8 Å². The van der Waals surface area contributed by atoms with E-state index in [1.54, 1.807) is 6.20 Å². The Labute approximate surface area is 179 Å². The van der Waals surface area contributed by atoms with Gasteiger partial charge in [-0.1, -0.05) is 40.2 Å². The molecule has 0 radical (unpaired) electrons. The van der Waals surface area contributed by atoms with Crippen molar-refractivity contribution in [2.45, 2.75) is 26.0 Å². The number of carbonyl (C=O) groups excluding carboxylic acids is 1. The van der Waals surface area contributed by atoms with Crippen molar-refractivity contribution in [3.05, 3.63) is 88.7 Å². The molecule has 0 saturated carbocycles. The highest BCUT2D eigenvalue weighted by molar-refractivity contribution is 9.10. The van der Waals surface area contributed by atoms with Gasteiger partial charge in [0.25, 0.3) is 0 Å². The summed E-state index contributed by atoms with van der Waals surface area (Å²) in [7, 11) is 0. The van der Waals surface area contributed by atoms with Crippen LogP contribution in [0.1, 0.15) is 24.1 Å². The third-order valence-corrected chi connectivity index (χ3v) is 4.61. The van der Waals surface area contributed by atoms with Crippen LogP contribution < -0.4 is 14.8 Å². The second-order valence-electron chi connectivity index (χ2n) is 6.44. The molecule has 6 heteroatoms. The number of carbonyl (C=O) groups is 1. The zero-order valence-corrected chi connectivity index (χ0v) is 17.6. The van der Waals surface area contributed by atoms with Gasteiger partial charge in [-0.15, -0.1) is 0 Å². The van der Waals surface area contributed by atoms with Crippen molar-refractivity contribution in [3.8, 4) is 11.5 Å². The Balaban J connectivity index is 1.36. The highest BCUT2D eigenvalue weighted by Crippen LogP contribution is 2.18. The minimum atomic E-state index is 0.00245. The van der Waals surface area contributed by atoms with Gasteiger partial charge in [0.1, 0.15) is 18.1 Å². The molecule has 3 rings (SSSR count). The summed E-state index contributed by atoms with van der Waals surface area (Å²) in [5, 5.41) is 2.94. The number of pyridine rings is 1. The van der Waals surface area contributed by atoms with Crippen molar-refractivity contribution in [1.82, 2.24) is 10.3 Å². The van der Waals surface area contributed by atoms with Crippen molar-refractivity contribution in [2.24, 2.45) is 0 Å². The molecule has 0 atom stereocenters. The highest BCUT2D eigenvalue weighted by Gasteiger charge is 2.04. The van der Waals surface area contributed by atoms with Gasteiger partial charge in [0.05, 0.1) is 12.3 Å². The first kappa shape index (κ1) is 20.9. The van der Waals surface area contributed by atoms with E-state index in [-0.39, 0.29) is 5.91 Å². The Morgan fingerprint density at radius 2 is 1.79 bits per heavy atom. The second-order valence-corrected chi connectivity index (χ2v) is 7.36. The van der Waals surface area contributed by atoms with Crippen molar-refractivity contribution < 1.29 is 14.3 Å². The van der Waals surface area contributed by atoms with Crippen LogP contribution in [0.2, 0.25) is 0 Å². The quantitative estimate of drug-likeness (QED) is 0.442. The fourth-order valence-corrected chi connectivity index (χ4v) is 3.03. The van der Waals surface area contributed by atoms with Gasteiger partial charge in [-0.2, -0.15) is 0 Å². The molecule has 0 fully saturated rings. The van der Waals surface area contributed by atoms with Crippen LogP contribution in [-0.4, -0.2) is 17.5 Å². The van der Waals surface area contributed by atoms with Crippen LogP contribution in [0.3, 0.4) is 0 Å². The summed E-state index contributed by atoms with van der Waals surface area (Å²) in [6.07, 6.45) is 2.82. The van der Waals surface area contributed by atoms with E-state index in [1.807, 2.05) is 66.7 Å². The lowest BCUT2D eigenvalue weighted by molar-refractivity contribution is -0.121. The molecular weight excluding hydrogens is 432 g/mol. The maximum absolute atomic E-state index is 12.1. The van der Waals surface area contributed by atoms with Gasteiger partial charge >= 0.3 is 0 Å². The molecule has 2 aromatic carbocycles. The Kier molecular flexibility index (Phi) is 8.07. The standard InChI is InChI=1S/C23H23BrN2O3/c24-19-7-4-10-22(15-19)28-13-5-11-23(27)26-16-18-6-3-9-21(14-18)29-17-20-8-1-2-12-25-20/h1-4,6-10,12,14-15H,5,11,13,16-17H2,(H,26,27). The summed E-state index contributed by atoms with van der Waals surface area (Å²) in [6.45, 7) is 1.38. The molecule has 0 spiro atoms. The summed E-state index contributed by atoms with van der Waals surface area (Å²) >= 11 is 3.41. The van der Waals surface area contributed by atoms with Crippen LogP contribution in [0.25, 0.3) is 0 Å². The van der Waals surface area contributed by atoms with Crippen molar-refractivity contribution in [3.63, 3.8) is 0 Å². The second kappa shape index (κ2) is 11.2. The summed E-state index contributed by atoms with van der Waals surface area (Å²) in [6, 6.07) is 21.1. The lowest BCUT2D eigenvalue weighted by Gasteiger charge is -2.09. The van der Waals surface area contributed by atoms with Crippen LogP contribution in [0.5, 0.6) is 11.5 Å². The number of nitrogens with zero attached hydrogens (tertiary/aromatic N) is 1. The molecule has 0 bridgehead atoms. The summed E-state index contributed by atoms with van der Waals surface area (Å²) in [5.41, 5.74) is 1.86. The lowest BCUT2D eigenvalue weighted by Crippen LogP contribution is -2.23. The molecule has 0 unspecified atom stereocenters. The van der Waals surface area contributed by atoms with Crippen LogP contribution >= 0.6 is 15.9 Å². The van der Waals surface area contributed by atoms with Crippen LogP contribution in [-0.2, 0) is 17.9 Å². The average molecular weight is 455 g/mol. The van der Waals surface area contributed by atoms with Gasteiger partial charge in [0.15, 0.2) is 0 Å². The minimum Gasteiger partial charge on any atom is -0.494 e. The Morgan fingerprint density at radius 1 is 0.966 bits per heavy atom. The van der Waals surface area contributed by atoms with Crippen LogP contribution in [0.15, 0.2) is 77.4 Å². The number of ether oxygens (including phenoxy) is 2. The third kappa shape index (κ3) is 7.58. The molecule has 5 nitrogen and oxygen atoms in total. The molecule has 29 heavy (non-hydrogen) atoms. The van der Waals surface area contributed by atoms with Gasteiger partial charge in [-0.3, -0.25) is 9.78 Å². The van der Waals surface area contributed by atoms with Gasteiger partial charge in [-0.25, -0.2) is 0 Å². The highest BCUT2D eigenvalue weighted by atomic mass is 79.9. The largest absolute Gasteiger partial charge is 0.494 e. The van der Waals surface area contributed by atoms with E-state index in [1.165, 1.54) is 0 Å². The Bertz CT molecular complexity index is 919. The molecule has 1 heterocycles. The summed E-state index contributed by atoms with van der Waals surface area (Å²) < 4.78 is 12.4. The van der Waals surface area contributed by atoms with Crippen LogP contribution in [0.4, 0.5) is 0 Å². The smallest absolute Gasteiger partial charge is 0.220 e. The number of halogens is 1. The first-order valence-electron chi connectivity index (χ1n) is 9.46. The van der Waals surface area contributed by atoms with Gasteiger partial charge in [-0.05, 0) is 54.4 Å². The van der Waals surface area contributed by atoms with Gasteiger partial charge in [0, 0.05) is 23.6 Å². The maximum atomic E-state index is 12.1. The molecule has 0 aliphatic carbocycles. The fraction of sp³-hybridized carbons (Fsp3) is 0.217. The number of aromatic nitrogens is 1. The predicted octanol–water partition coefficient (Wildman–Crippen LogP) is 4.90. The molecule has 150 valence electrons. The molecule has 1 N–H and O–H groups in total. The first-order valence-corrected chi connectivity index (χ1v) is 10.2. The third-order valence-electron chi connectivity index (χ3n) is 4.11. The molecule has 0 aliphatic heterocycles. The number of hydrogen-bond acceptors (Lipinski definition) is 4. The van der Waals surface area contributed by atoms with Crippen molar-refractivity contribution in [2.75, 3.05) is 6.61 Å². The van der Waals surface area contributed by atoms with E-state index in [0.29, 0.717) is 32.6 Å². The van der Waals surface area contributed by atoms with Crippen LogP contribution in [0, 0.1) is 0 Å². The van der Waals surface area contributed by atoms with Crippen molar-refractivity contribution in [1.29, 1.82) is 0 Å². The van der Waals surface area contributed by atoms with E-state index >= 15 is 0 Å². The molecule has 1 amide bonds. The zero-order chi connectivity index (χ0) is 20.3. The number of rotatable bonds is 10. The first-order chi connectivity index (χ1) is 14.2. The monoisotopic (exact) mass is 454 g/mol. The SMILES string of the molecule is O=C(CCCOc1cccc(Br)c1)NCc1cccc(OCc2ccccn2)c1. The van der Waals surface area contributed by atoms with E-state index in [2.05, 4.69) is 26.2 Å². The number of amides is 1.